The molecule has 2 aliphatic heterocycles. The fourth-order valence-electron chi connectivity index (χ4n) is 4.62. The Morgan fingerprint density at radius 2 is 1.58 bits per heavy atom. The molecular formula is C25H21F2N3O3. The van der Waals surface area contributed by atoms with Crippen LogP contribution in [0, 0.1) is 11.6 Å². The number of rotatable bonds is 3. The van der Waals surface area contributed by atoms with Crippen LogP contribution in [-0.4, -0.2) is 47.6 Å². The maximum atomic E-state index is 14.1. The Bertz CT molecular complexity index is 1150. The van der Waals surface area contributed by atoms with Gasteiger partial charge in [0, 0.05) is 36.8 Å². The van der Waals surface area contributed by atoms with Crippen LogP contribution in [0.15, 0.2) is 78.9 Å². The third-order valence-corrected chi connectivity index (χ3v) is 6.20. The van der Waals surface area contributed by atoms with Crippen molar-refractivity contribution in [2.24, 2.45) is 0 Å². The van der Waals surface area contributed by atoms with E-state index in [0.717, 1.165) is 17.2 Å². The number of ether oxygens (including phenoxy) is 1. The van der Waals surface area contributed by atoms with Crippen molar-refractivity contribution in [2.75, 3.05) is 25.0 Å². The number of carbonyl (C=O) groups excluding carboxylic acids is 2. The molecule has 2 saturated heterocycles. The number of urea groups is 1. The van der Waals surface area contributed by atoms with Gasteiger partial charge in [-0.05, 0) is 12.1 Å². The van der Waals surface area contributed by atoms with Crippen molar-refractivity contribution >= 4 is 17.8 Å². The maximum absolute atomic E-state index is 14.1. The molecular weight excluding hydrogens is 428 g/mol. The summed E-state index contributed by atoms with van der Waals surface area (Å²) in [6.07, 6.45) is -0.447. The molecule has 3 aromatic carbocycles. The normalized spacial score (nSPS) is 19.1. The number of hydrogen-bond acceptors (Lipinski definition) is 3. The van der Waals surface area contributed by atoms with E-state index in [1.165, 1.54) is 11.0 Å². The monoisotopic (exact) mass is 449 g/mol. The zero-order valence-electron chi connectivity index (χ0n) is 17.6. The van der Waals surface area contributed by atoms with Gasteiger partial charge in [-0.2, -0.15) is 0 Å². The van der Waals surface area contributed by atoms with E-state index in [9.17, 15) is 18.4 Å². The summed E-state index contributed by atoms with van der Waals surface area (Å²) in [6, 6.07) is 20.8. The van der Waals surface area contributed by atoms with E-state index >= 15 is 0 Å². The second-order valence-corrected chi connectivity index (χ2v) is 8.05. The van der Waals surface area contributed by atoms with E-state index in [1.54, 1.807) is 4.90 Å². The van der Waals surface area contributed by atoms with Crippen LogP contribution >= 0.6 is 0 Å². The largest absolute Gasteiger partial charge is 0.431 e. The van der Waals surface area contributed by atoms with Crippen molar-refractivity contribution in [3.05, 3.63) is 102 Å². The summed E-state index contributed by atoms with van der Waals surface area (Å²) in [5.41, 5.74) is 0.368. The first-order valence-corrected chi connectivity index (χ1v) is 10.6. The summed E-state index contributed by atoms with van der Waals surface area (Å²) in [5.74, 6) is -1.58. The van der Waals surface area contributed by atoms with Crippen molar-refractivity contribution in [1.82, 2.24) is 9.80 Å². The van der Waals surface area contributed by atoms with E-state index in [4.69, 9.17) is 4.74 Å². The fourth-order valence-corrected chi connectivity index (χ4v) is 4.62. The van der Waals surface area contributed by atoms with Crippen LogP contribution in [0.5, 0.6) is 0 Å². The van der Waals surface area contributed by atoms with E-state index in [-0.39, 0.29) is 25.3 Å². The average Bonchev–Trinajstić information content (AvgIpc) is 3.14. The Kier molecular flexibility index (Phi) is 5.20. The standard InChI is InChI=1S/C25H21F2N3O3/c26-19-11-12-21(20(27)15-19)28-23(31)29-13-14-30-22(16-29)25(33-24(30)32,17-7-3-1-4-8-17)18-9-5-2-6-10-18/h1-12,15,22H,13-14,16H2,(H,28,31). The topological polar surface area (TPSA) is 61.9 Å². The lowest BCUT2D eigenvalue weighted by atomic mass is 9.79. The van der Waals surface area contributed by atoms with E-state index in [1.807, 2.05) is 60.7 Å². The molecule has 1 N–H and O–H groups in total. The molecule has 3 aromatic rings. The third-order valence-electron chi connectivity index (χ3n) is 6.20. The molecule has 2 heterocycles. The van der Waals surface area contributed by atoms with Gasteiger partial charge in [-0.15, -0.1) is 0 Å². The summed E-state index contributed by atoms with van der Waals surface area (Å²) >= 11 is 0. The summed E-state index contributed by atoms with van der Waals surface area (Å²) in [6.45, 7) is 0.689. The molecule has 1 atom stereocenters. The number of carbonyl (C=O) groups is 2. The van der Waals surface area contributed by atoms with Gasteiger partial charge < -0.3 is 15.0 Å². The van der Waals surface area contributed by atoms with Crippen LogP contribution in [-0.2, 0) is 10.3 Å². The molecule has 0 bridgehead atoms. The van der Waals surface area contributed by atoms with E-state index in [0.29, 0.717) is 6.07 Å². The average molecular weight is 449 g/mol. The number of piperazine rings is 1. The fraction of sp³-hybridized carbons (Fsp3) is 0.200. The summed E-state index contributed by atoms with van der Waals surface area (Å²) in [7, 11) is 0. The van der Waals surface area contributed by atoms with Gasteiger partial charge in [-0.1, -0.05) is 60.7 Å². The van der Waals surface area contributed by atoms with Gasteiger partial charge in [0.05, 0.1) is 5.69 Å². The minimum Gasteiger partial charge on any atom is -0.431 e. The zero-order chi connectivity index (χ0) is 23.0. The van der Waals surface area contributed by atoms with E-state index in [2.05, 4.69) is 5.32 Å². The highest BCUT2D eigenvalue weighted by Crippen LogP contribution is 2.45. The quantitative estimate of drug-likeness (QED) is 0.637. The predicted octanol–water partition coefficient (Wildman–Crippen LogP) is 4.58. The predicted molar refractivity (Wildman–Crippen MR) is 118 cm³/mol. The number of nitrogens with zero attached hydrogens (tertiary/aromatic N) is 2. The molecule has 1 unspecified atom stereocenters. The van der Waals surface area contributed by atoms with Gasteiger partial charge in [0.1, 0.15) is 17.7 Å². The molecule has 33 heavy (non-hydrogen) atoms. The SMILES string of the molecule is O=C(Nc1ccc(F)cc1F)N1CCN2C(=O)OC(c3ccccc3)(c3ccccc3)C2C1. The Hall–Kier alpha value is -3.94. The highest BCUT2D eigenvalue weighted by molar-refractivity contribution is 5.90. The minimum absolute atomic E-state index is 0.111. The van der Waals surface area contributed by atoms with Crippen LogP contribution in [0.25, 0.3) is 0 Å². The van der Waals surface area contributed by atoms with Crippen LogP contribution in [0.3, 0.4) is 0 Å². The lowest BCUT2D eigenvalue weighted by Gasteiger charge is -2.42. The molecule has 168 valence electrons. The molecule has 3 amide bonds. The molecule has 2 fully saturated rings. The summed E-state index contributed by atoms with van der Waals surface area (Å²) in [4.78, 5) is 29.0. The van der Waals surface area contributed by atoms with Crippen molar-refractivity contribution in [2.45, 2.75) is 11.6 Å². The van der Waals surface area contributed by atoms with Crippen molar-refractivity contribution in [3.8, 4) is 0 Å². The first-order chi connectivity index (χ1) is 16.0. The highest BCUT2D eigenvalue weighted by atomic mass is 19.1. The number of amides is 3. The smallest absolute Gasteiger partial charge is 0.411 e. The summed E-state index contributed by atoms with van der Waals surface area (Å²) < 4.78 is 33.4. The Morgan fingerprint density at radius 1 is 0.939 bits per heavy atom. The van der Waals surface area contributed by atoms with Gasteiger partial charge in [0.2, 0.25) is 0 Å². The number of anilines is 1. The Morgan fingerprint density at radius 3 is 2.18 bits per heavy atom. The van der Waals surface area contributed by atoms with Gasteiger partial charge in [0.15, 0.2) is 5.60 Å². The molecule has 5 rings (SSSR count). The van der Waals surface area contributed by atoms with Gasteiger partial charge in [-0.25, -0.2) is 18.4 Å². The molecule has 2 aliphatic rings. The number of hydrogen-bond donors (Lipinski definition) is 1. The highest BCUT2D eigenvalue weighted by Gasteiger charge is 2.58. The molecule has 0 spiro atoms. The molecule has 8 heteroatoms. The number of nitrogens with one attached hydrogen (secondary N) is 1. The second kappa shape index (κ2) is 8.20. The number of halogens is 2. The molecule has 0 saturated carbocycles. The number of benzene rings is 3. The second-order valence-electron chi connectivity index (χ2n) is 8.05. The minimum atomic E-state index is -1.11. The van der Waals surface area contributed by atoms with Crippen molar-refractivity contribution in [1.29, 1.82) is 0 Å². The van der Waals surface area contributed by atoms with Crippen molar-refractivity contribution in [3.63, 3.8) is 0 Å². The van der Waals surface area contributed by atoms with Crippen LogP contribution < -0.4 is 5.32 Å². The zero-order valence-corrected chi connectivity index (χ0v) is 17.6. The van der Waals surface area contributed by atoms with Crippen molar-refractivity contribution < 1.29 is 23.1 Å². The number of fused-ring (bicyclic) bond motifs is 1. The first-order valence-electron chi connectivity index (χ1n) is 10.6. The lowest BCUT2D eigenvalue weighted by molar-refractivity contribution is 0.0525. The Balaban J connectivity index is 1.49. The van der Waals surface area contributed by atoms with E-state index < -0.39 is 35.4 Å². The lowest BCUT2D eigenvalue weighted by Crippen LogP contribution is -2.59. The van der Waals surface area contributed by atoms with Crippen LogP contribution in [0.2, 0.25) is 0 Å². The molecule has 6 nitrogen and oxygen atoms in total. The van der Waals surface area contributed by atoms with Crippen LogP contribution in [0.4, 0.5) is 24.1 Å². The molecule has 0 aromatic heterocycles. The molecule has 0 radical (unpaired) electrons. The van der Waals surface area contributed by atoms with Crippen LogP contribution in [0.1, 0.15) is 11.1 Å². The summed E-state index contributed by atoms with van der Waals surface area (Å²) in [5, 5.41) is 2.51. The maximum Gasteiger partial charge on any atom is 0.411 e. The Labute approximate surface area is 189 Å². The van der Waals surface area contributed by atoms with Gasteiger partial charge in [0.25, 0.3) is 0 Å². The first kappa shape index (κ1) is 20.9. The van der Waals surface area contributed by atoms with Gasteiger partial charge >= 0.3 is 12.1 Å². The number of cyclic esters (lactones) is 1. The van der Waals surface area contributed by atoms with Gasteiger partial charge in [-0.3, -0.25) is 4.90 Å². The third kappa shape index (κ3) is 3.57. The molecule has 0 aliphatic carbocycles.